The molecule has 2 saturated carbocycles. The molecule has 2 aliphatic carbocycles. The van der Waals surface area contributed by atoms with E-state index in [1.165, 1.54) is 19.6 Å². The second kappa shape index (κ2) is 7.19. The molecule has 1 aromatic heterocycles. The molecule has 0 aromatic carbocycles. The van der Waals surface area contributed by atoms with Crippen molar-refractivity contribution in [3.8, 4) is 0 Å². The van der Waals surface area contributed by atoms with Gasteiger partial charge in [0.2, 0.25) is 0 Å². The first-order chi connectivity index (χ1) is 15.9. The molecule has 3 heterocycles. The maximum Gasteiger partial charge on any atom is 0.338 e. The number of epoxide rings is 1. The summed E-state index contributed by atoms with van der Waals surface area (Å²) >= 11 is 0. The number of hydrogen-bond donors (Lipinski definition) is 0. The maximum atomic E-state index is 13.9. The van der Waals surface area contributed by atoms with Crippen LogP contribution in [0.2, 0.25) is 0 Å². The quantitative estimate of drug-likeness (QED) is 0.357. The second-order valence-corrected chi connectivity index (χ2v) is 12.1. The number of hydrogen-bond acceptors (Lipinski definition) is 7. The van der Waals surface area contributed by atoms with E-state index < -0.39 is 34.1 Å². The third-order valence-electron chi connectivity index (χ3n) is 10.3. The summed E-state index contributed by atoms with van der Waals surface area (Å²) in [6.45, 7) is 10.5. The molecule has 0 bridgehead atoms. The number of carbonyl (C=O) groups excluding carboxylic acids is 3. The average molecular weight is 473 g/mol. The molecule has 2 saturated heterocycles. The second-order valence-electron chi connectivity index (χ2n) is 12.1. The Hall–Kier alpha value is -2.15. The van der Waals surface area contributed by atoms with Gasteiger partial charge in [0, 0.05) is 17.8 Å². The number of fused-ring (bicyclic) bond motifs is 4. The van der Waals surface area contributed by atoms with Gasteiger partial charge in [-0.1, -0.05) is 13.8 Å². The van der Waals surface area contributed by atoms with Crippen molar-refractivity contribution in [3.63, 3.8) is 0 Å². The van der Waals surface area contributed by atoms with Crippen molar-refractivity contribution in [2.75, 3.05) is 7.11 Å². The van der Waals surface area contributed by atoms with E-state index in [0.717, 1.165) is 25.7 Å². The van der Waals surface area contributed by atoms with Crippen molar-refractivity contribution in [3.05, 3.63) is 24.2 Å². The first kappa shape index (κ1) is 23.6. The molecule has 2 aliphatic heterocycles. The van der Waals surface area contributed by atoms with Crippen molar-refractivity contribution < 1.29 is 33.0 Å². The van der Waals surface area contributed by atoms with Crippen LogP contribution in [-0.2, 0) is 23.8 Å². The number of esters is 2. The van der Waals surface area contributed by atoms with Crippen LogP contribution in [0.15, 0.2) is 23.0 Å². The van der Waals surface area contributed by atoms with E-state index in [1.54, 1.807) is 6.07 Å². The maximum absolute atomic E-state index is 13.9. The average Bonchev–Trinajstić information content (AvgIpc) is 3.34. The molecule has 34 heavy (non-hydrogen) atoms. The van der Waals surface area contributed by atoms with Gasteiger partial charge in [-0.05, 0) is 70.3 Å². The fourth-order valence-electron chi connectivity index (χ4n) is 8.86. The van der Waals surface area contributed by atoms with Gasteiger partial charge in [0.15, 0.2) is 11.9 Å². The lowest BCUT2D eigenvalue weighted by molar-refractivity contribution is -0.193. The van der Waals surface area contributed by atoms with Gasteiger partial charge in [-0.3, -0.25) is 9.59 Å². The Morgan fingerprint density at radius 3 is 2.38 bits per heavy atom. The first-order valence-electron chi connectivity index (χ1n) is 12.4. The van der Waals surface area contributed by atoms with E-state index in [9.17, 15) is 14.4 Å². The van der Waals surface area contributed by atoms with E-state index in [-0.39, 0.29) is 29.0 Å². The van der Waals surface area contributed by atoms with Crippen molar-refractivity contribution in [2.45, 2.75) is 90.4 Å². The Balaban J connectivity index is 1.63. The summed E-state index contributed by atoms with van der Waals surface area (Å²) in [5, 5.41) is 0. The van der Waals surface area contributed by atoms with E-state index >= 15 is 0 Å². The number of carbonyl (C=O) groups is 3. The minimum Gasteiger partial charge on any atom is -0.472 e. The number of methoxy groups -OCH3 is 1. The highest BCUT2D eigenvalue weighted by Crippen LogP contribution is 2.76. The van der Waals surface area contributed by atoms with Crippen molar-refractivity contribution in [1.29, 1.82) is 0 Å². The summed E-state index contributed by atoms with van der Waals surface area (Å²) in [7, 11) is 1.37. The number of rotatable bonds is 3. The molecule has 0 N–H and O–H groups in total. The summed E-state index contributed by atoms with van der Waals surface area (Å²) in [5.41, 5.74) is -2.60. The van der Waals surface area contributed by atoms with Gasteiger partial charge in [0.1, 0.15) is 17.5 Å². The molecule has 1 aromatic rings. The van der Waals surface area contributed by atoms with Crippen LogP contribution in [0.4, 0.5) is 0 Å². The molecule has 4 aliphatic rings. The van der Waals surface area contributed by atoms with Gasteiger partial charge in [-0.2, -0.15) is 0 Å². The lowest BCUT2D eigenvalue weighted by atomic mass is 9.38. The zero-order valence-electron chi connectivity index (χ0n) is 21.1. The largest absolute Gasteiger partial charge is 0.472 e. The fraction of sp³-hybridized carbons (Fsp3) is 0.741. The van der Waals surface area contributed by atoms with Crippen LogP contribution in [0.1, 0.15) is 83.5 Å². The summed E-state index contributed by atoms with van der Waals surface area (Å²) in [5.74, 6) is -0.291. The van der Waals surface area contributed by atoms with Crippen molar-refractivity contribution in [1.82, 2.24) is 0 Å². The van der Waals surface area contributed by atoms with Gasteiger partial charge >= 0.3 is 11.9 Å². The first-order valence-corrected chi connectivity index (χ1v) is 12.4. The molecule has 0 amide bonds. The predicted octanol–water partition coefficient (Wildman–Crippen LogP) is 4.73. The number of ether oxygens (including phenoxy) is 3. The molecule has 0 radical (unpaired) electrons. The van der Waals surface area contributed by atoms with Gasteiger partial charge in [0.05, 0.1) is 24.4 Å². The fourth-order valence-corrected chi connectivity index (χ4v) is 8.86. The molecule has 7 atom stereocenters. The summed E-state index contributed by atoms with van der Waals surface area (Å²) in [4.78, 5) is 39.3. The Labute approximate surface area is 200 Å². The standard InChI is InChI=1S/C27H36O7/c1-23(2)17-7-12-25(4)18(24(17,3)11-9-19(28)33-23)8-13-26(5,20(29)16-10-14-32-15-16)27(25)21(34-27)22(30)31-6/h10,14-15,17-18,21H,7-9,11-13H2,1-6H3. The number of Topliss-reactive ketones (excluding diaryl/α,β-unsaturated/α-hetero) is 1. The van der Waals surface area contributed by atoms with Crippen LogP contribution >= 0.6 is 0 Å². The Morgan fingerprint density at radius 1 is 1.03 bits per heavy atom. The molecule has 4 fully saturated rings. The van der Waals surface area contributed by atoms with Crippen LogP contribution in [-0.4, -0.2) is 42.1 Å². The zero-order chi connectivity index (χ0) is 24.7. The van der Waals surface area contributed by atoms with Crippen LogP contribution in [0, 0.1) is 28.1 Å². The molecule has 5 rings (SSSR count). The van der Waals surface area contributed by atoms with Crippen LogP contribution in [0.5, 0.6) is 0 Å². The lowest BCUT2D eigenvalue weighted by Gasteiger charge is -2.65. The molecule has 7 unspecified atom stereocenters. The summed E-state index contributed by atoms with van der Waals surface area (Å²) < 4.78 is 22.7. The third-order valence-corrected chi connectivity index (χ3v) is 10.3. The highest BCUT2D eigenvalue weighted by Gasteiger charge is 2.84. The summed E-state index contributed by atoms with van der Waals surface area (Å²) in [6.07, 6.45) is 6.30. The zero-order valence-corrected chi connectivity index (χ0v) is 21.1. The van der Waals surface area contributed by atoms with Gasteiger partial charge in [-0.15, -0.1) is 0 Å². The minimum absolute atomic E-state index is 0.0562. The number of furan rings is 1. The summed E-state index contributed by atoms with van der Waals surface area (Å²) in [6, 6.07) is 1.68. The van der Waals surface area contributed by atoms with Crippen LogP contribution < -0.4 is 0 Å². The van der Waals surface area contributed by atoms with Gasteiger partial charge < -0.3 is 18.6 Å². The smallest absolute Gasteiger partial charge is 0.338 e. The highest BCUT2D eigenvalue weighted by molar-refractivity contribution is 6.02. The monoisotopic (exact) mass is 472 g/mol. The van der Waals surface area contributed by atoms with Crippen molar-refractivity contribution in [2.24, 2.45) is 28.1 Å². The van der Waals surface area contributed by atoms with Crippen molar-refractivity contribution >= 4 is 17.7 Å². The van der Waals surface area contributed by atoms with E-state index in [1.807, 2.05) is 20.8 Å². The SMILES string of the molecule is COC(=O)C1OC12C(C)(C(=O)c1ccoc1)CCC1C3(C)CCC(=O)OC(C)(C)C3CCC12C. The molecule has 1 spiro atoms. The number of ketones is 1. The van der Waals surface area contributed by atoms with E-state index in [4.69, 9.17) is 18.6 Å². The highest BCUT2D eigenvalue weighted by atomic mass is 16.7. The van der Waals surface area contributed by atoms with E-state index in [0.29, 0.717) is 18.4 Å². The Kier molecular flexibility index (Phi) is 4.98. The third kappa shape index (κ3) is 2.76. The number of cyclic esters (lactones) is 1. The Morgan fingerprint density at radius 2 is 1.74 bits per heavy atom. The molecular formula is C27H36O7. The van der Waals surface area contributed by atoms with Crippen LogP contribution in [0.3, 0.4) is 0 Å². The molecule has 7 heteroatoms. The topological polar surface area (TPSA) is 95.3 Å². The van der Waals surface area contributed by atoms with Crippen LogP contribution in [0.25, 0.3) is 0 Å². The van der Waals surface area contributed by atoms with E-state index in [2.05, 4.69) is 13.8 Å². The predicted molar refractivity (Wildman–Crippen MR) is 122 cm³/mol. The van der Waals surface area contributed by atoms with Gasteiger partial charge in [-0.25, -0.2) is 4.79 Å². The Bertz CT molecular complexity index is 1030. The molecule has 186 valence electrons. The normalized spacial score (nSPS) is 44.9. The minimum atomic E-state index is -0.973. The van der Waals surface area contributed by atoms with Gasteiger partial charge in [0.25, 0.3) is 0 Å². The molecule has 7 nitrogen and oxygen atoms in total. The lowest BCUT2D eigenvalue weighted by Crippen LogP contribution is -2.67. The molecular weight excluding hydrogens is 436 g/mol.